The SMILES string of the molecule is CCNS(=O)(=O)c1ccc(C(=O)OCc2csc(N(C(C)=O)c3cccc(C)c3C)n2)cc1. The van der Waals surface area contributed by atoms with E-state index >= 15 is 0 Å². The molecule has 10 heteroatoms. The maximum Gasteiger partial charge on any atom is 0.338 e. The summed E-state index contributed by atoms with van der Waals surface area (Å²) in [6.07, 6.45) is 0. The lowest BCUT2D eigenvalue weighted by Crippen LogP contribution is -2.23. The zero-order valence-corrected chi connectivity index (χ0v) is 20.4. The number of aromatic nitrogens is 1. The molecule has 174 valence electrons. The Labute approximate surface area is 197 Å². The van der Waals surface area contributed by atoms with Crippen molar-refractivity contribution >= 4 is 44.1 Å². The summed E-state index contributed by atoms with van der Waals surface area (Å²) in [5, 5.41) is 2.22. The molecule has 0 aliphatic rings. The number of sulfonamides is 1. The average Bonchev–Trinajstić information content (AvgIpc) is 3.23. The summed E-state index contributed by atoms with van der Waals surface area (Å²) in [5.41, 5.74) is 3.53. The number of amides is 1. The van der Waals surface area contributed by atoms with E-state index in [1.807, 2.05) is 32.0 Å². The molecule has 8 nitrogen and oxygen atoms in total. The number of aryl methyl sites for hydroxylation is 1. The largest absolute Gasteiger partial charge is 0.456 e. The maximum atomic E-state index is 12.4. The van der Waals surface area contributed by atoms with Gasteiger partial charge in [-0.1, -0.05) is 19.1 Å². The summed E-state index contributed by atoms with van der Waals surface area (Å²) < 4.78 is 31.7. The molecule has 0 aliphatic heterocycles. The molecule has 0 unspecified atom stereocenters. The second-order valence-electron chi connectivity index (χ2n) is 7.30. The third kappa shape index (κ3) is 5.65. The molecule has 0 radical (unpaired) electrons. The van der Waals surface area contributed by atoms with Gasteiger partial charge >= 0.3 is 5.97 Å². The molecule has 0 saturated heterocycles. The van der Waals surface area contributed by atoms with Crippen LogP contribution in [0.3, 0.4) is 0 Å². The van der Waals surface area contributed by atoms with E-state index < -0.39 is 16.0 Å². The Bertz CT molecular complexity index is 1270. The maximum absolute atomic E-state index is 12.4. The molecular weight excluding hydrogens is 462 g/mol. The Balaban J connectivity index is 1.71. The first-order valence-electron chi connectivity index (χ1n) is 10.2. The zero-order chi connectivity index (χ0) is 24.2. The van der Waals surface area contributed by atoms with E-state index in [-0.39, 0.29) is 29.5 Å². The highest BCUT2D eigenvalue weighted by Gasteiger charge is 2.21. The molecule has 0 aliphatic carbocycles. The number of carbonyl (C=O) groups excluding carboxylic acids is 2. The molecule has 3 rings (SSSR count). The van der Waals surface area contributed by atoms with Crippen molar-refractivity contribution in [2.75, 3.05) is 11.4 Å². The topological polar surface area (TPSA) is 106 Å². The second kappa shape index (κ2) is 10.2. The first-order valence-corrected chi connectivity index (χ1v) is 12.6. The Hall–Kier alpha value is -3.08. The minimum absolute atomic E-state index is 0.0702. The summed E-state index contributed by atoms with van der Waals surface area (Å²) in [6, 6.07) is 11.2. The fraction of sp³-hybridized carbons (Fsp3) is 0.261. The Morgan fingerprint density at radius 1 is 1.12 bits per heavy atom. The van der Waals surface area contributed by atoms with Gasteiger partial charge < -0.3 is 4.74 Å². The van der Waals surface area contributed by atoms with Gasteiger partial charge in [-0.3, -0.25) is 9.69 Å². The normalized spacial score (nSPS) is 11.3. The third-order valence-corrected chi connectivity index (χ3v) is 7.38. The average molecular weight is 488 g/mol. The van der Waals surface area contributed by atoms with Crippen LogP contribution in [0, 0.1) is 13.8 Å². The Morgan fingerprint density at radius 2 is 1.82 bits per heavy atom. The highest BCUT2D eigenvalue weighted by Crippen LogP contribution is 2.32. The smallest absolute Gasteiger partial charge is 0.338 e. The summed E-state index contributed by atoms with van der Waals surface area (Å²) in [4.78, 5) is 30.8. The van der Waals surface area contributed by atoms with Gasteiger partial charge in [-0.2, -0.15) is 0 Å². The molecule has 3 aromatic rings. The minimum Gasteiger partial charge on any atom is -0.456 e. The lowest BCUT2D eigenvalue weighted by atomic mass is 10.1. The van der Waals surface area contributed by atoms with Crippen molar-refractivity contribution in [3.05, 3.63) is 70.2 Å². The van der Waals surface area contributed by atoms with Gasteiger partial charge in [0.15, 0.2) is 5.13 Å². The number of nitrogens with zero attached hydrogens (tertiary/aromatic N) is 2. The van der Waals surface area contributed by atoms with Crippen molar-refractivity contribution in [3.8, 4) is 0 Å². The van der Waals surface area contributed by atoms with E-state index in [0.717, 1.165) is 16.8 Å². The predicted molar refractivity (Wildman–Crippen MR) is 127 cm³/mol. The van der Waals surface area contributed by atoms with Crippen LogP contribution < -0.4 is 9.62 Å². The monoisotopic (exact) mass is 487 g/mol. The standard InChI is InChI=1S/C23H25N3O5S2/c1-5-24-33(29,30)20-11-9-18(10-12-20)22(28)31-13-19-14-32-23(25-19)26(17(4)27)21-8-6-7-15(2)16(21)3/h6-12,14,24H,5,13H2,1-4H3. The quantitative estimate of drug-likeness (QED) is 0.480. The van der Waals surface area contributed by atoms with Crippen LogP contribution in [0.1, 0.15) is 41.0 Å². The van der Waals surface area contributed by atoms with Gasteiger partial charge in [0, 0.05) is 18.8 Å². The number of hydrogen-bond donors (Lipinski definition) is 1. The van der Waals surface area contributed by atoms with Crippen LogP contribution >= 0.6 is 11.3 Å². The number of benzene rings is 2. The summed E-state index contributed by atoms with van der Waals surface area (Å²) >= 11 is 1.28. The van der Waals surface area contributed by atoms with E-state index in [2.05, 4.69) is 9.71 Å². The molecule has 1 N–H and O–H groups in total. The molecular formula is C23H25N3O5S2. The number of thiazole rings is 1. The second-order valence-corrected chi connectivity index (χ2v) is 9.90. The molecule has 1 heterocycles. The third-order valence-electron chi connectivity index (χ3n) is 4.95. The van der Waals surface area contributed by atoms with Gasteiger partial charge in [0.1, 0.15) is 6.61 Å². The highest BCUT2D eigenvalue weighted by molar-refractivity contribution is 7.89. The van der Waals surface area contributed by atoms with Crippen LogP contribution in [0.15, 0.2) is 52.7 Å². The molecule has 0 atom stereocenters. The van der Waals surface area contributed by atoms with E-state index in [9.17, 15) is 18.0 Å². The Kier molecular flexibility index (Phi) is 7.62. The Morgan fingerprint density at radius 3 is 2.45 bits per heavy atom. The zero-order valence-electron chi connectivity index (χ0n) is 18.8. The highest BCUT2D eigenvalue weighted by atomic mass is 32.2. The summed E-state index contributed by atoms with van der Waals surface area (Å²) in [5.74, 6) is -0.774. The van der Waals surface area contributed by atoms with Crippen molar-refractivity contribution in [1.82, 2.24) is 9.71 Å². The van der Waals surface area contributed by atoms with Crippen LogP contribution in [-0.2, 0) is 26.2 Å². The van der Waals surface area contributed by atoms with Gasteiger partial charge in [0.05, 0.1) is 21.8 Å². The van der Waals surface area contributed by atoms with Gasteiger partial charge in [-0.25, -0.2) is 22.9 Å². The number of rotatable bonds is 8. The first kappa shape index (κ1) is 24.6. The number of nitrogens with one attached hydrogen (secondary N) is 1. The van der Waals surface area contributed by atoms with Crippen LogP contribution in [0.2, 0.25) is 0 Å². The van der Waals surface area contributed by atoms with E-state index in [1.54, 1.807) is 17.2 Å². The lowest BCUT2D eigenvalue weighted by molar-refractivity contribution is -0.115. The van der Waals surface area contributed by atoms with Crippen molar-refractivity contribution in [2.24, 2.45) is 0 Å². The van der Waals surface area contributed by atoms with Crippen molar-refractivity contribution < 1.29 is 22.7 Å². The minimum atomic E-state index is -3.59. The fourth-order valence-corrected chi connectivity index (χ4v) is 5.02. The number of ether oxygens (including phenoxy) is 1. The first-order chi connectivity index (χ1) is 15.6. The number of esters is 1. The molecule has 0 spiro atoms. The van der Waals surface area contributed by atoms with Crippen LogP contribution in [0.25, 0.3) is 0 Å². The number of anilines is 2. The van der Waals surface area contributed by atoms with Crippen molar-refractivity contribution in [2.45, 2.75) is 39.2 Å². The number of hydrogen-bond acceptors (Lipinski definition) is 7. The van der Waals surface area contributed by atoms with Gasteiger partial charge in [0.25, 0.3) is 0 Å². The lowest BCUT2D eigenvalue weighted by Gasteiger charge is -2.21. The van der Waals surface area contributed by atoms with Gasteiger partial charge in [-0.05, 0) is 55.3 Å². The number of carbonyl (C=O) groups is 2. The van der Waals surface area contributed by atoms with Crippen LogP contribution in [0.5, 0.6) is 0 Å². The summed E-state index contributed by atoms with van der Waals surface area (Å²) in [6.45, 7) is 7.28. The van der Waals surface area contributed by atoms with Gasteiger partial charge in [-0.15, -0.1) is 11.3 Å². The molecule has 33 heavy (non-hydrogen) atoms. The predicted octanol–water partition coefficient (Wildman–Crippen LogP) is 4.10. The van der Waals surface area contributed by atoms with Gasteiger partial charge in [0.2, 0.25) is 15.9 Å². The van der Waals surface area contributed by atoms with E-state index in [4.69, 9.17) is 4.74 Å². The molecule has 2 aromatic carbocycles. The van der Waals surface area contributed by atoms with E-state index in [1.165, 1.54) is 42.5 Å². The van der Waals surface area contributed by atoms with Crippen molar-refractivity contribution in [3.63, 3.8) is 0 Å². The van der Waals surface area contributed by atoms with Crippen molar-refractivity contribution in [1.29, 1.82) is 0 Å². The summed E-state index contributed by atoms with van der Waals surface area (Å²) in [7, 11) is -3.59. The van der Waals surface area contributed by atoms with Crippen LogP contribution in [-0.4, -0.2) is 31.8 Å². The molecule has 0 bridgehead atoms. The molecule has 1 amide bonds. The molecule has 1 aromatic heterocycles. The molecule has 0 saturated carbocycles. The van der Waals surface area contributed by atoms with E-state index in [0.29, 0.717) is 10.8 Å². The van der Waals surface area contributed by atoms with Crippen LogP contribution in [0.4, 0.5) is 10.8 Å². The fourth-order valence-electron chi connectivity index (χ4n) is 3.12. The molecule has 0 fully saturated rings.